The number of nitrogens with one attached hydrogen (secondary N) is 1. The highest BCUT2D eigenvalue weighted by Crippen LogP contribution is 2.30. The highest BCUT2D eigenvalue weighted by molar-refractivity contribution is 5.62. The van der Waals surface area contributed by atoms with Crippen LogP contribution < -0.4 is 10.2 Å². The largest absolute Gasteiger partial charge is 0.347 e. The molecule has 1 N–H and O–H groups in total. The molecule has 1 fully saturated rings. The van der Waals surface area contributed by atoms with Gasteiger partial charge < -0.3 is 10.2 Å². The molecule has 0 bridgehead atoms. The van der Waals surface area contributed by atoms with E-state index >= 15 is 0 Å². The van der Waals surface area contributed by atoms with Crippen molar-refractivity contribution in [2.75, 3.05) is 18.0 Å². The van der Waals surface area contributed by atoms with Gasteiger partial charge in [-0.1, -0.05) is 0 Å². The smallest absolute Gasteiger partial charge is 0.314 e. The lowest BCUT2D eigenvalue weighted by Crippen LogP contribution is -2.42. The van der Waals surface area contributed by atoms with Crippen molar-refractivity contribution in [1.29, 1.82) is 0 Å². The molecule has 6 heteroatoms. The number of rotatable bonds is 5. The molecule has 1 aromatic rings. The zero-order valence-electron chi connectivity index (χ0n) is 12.3. The molecule has 20 heavy (non-hydrogen) atoms. The van der Waals surface area contributed by atoms with Gasteiger partial charge in [-0.15, -0.1) is 0 Å². The molecular weight excluding hydrogens is 256 g/mol. The maximum atomic E-state index is 11.3. The molecule has 0 aromatic carbocycles. The Labute approximate surface area is 119 Å². The lowest BCUT2D eigenvalue weighted by atomic mass is 10.1. The van der Waals surface area contributed by atoms with Crippen molar-refractivity contribution in [2.45, 2.75) is 45.7 Å². The summed E-state index contributed by atoms with van der Waals surface area (Å²) >= 11 is 0. The molecule has 2 heterocycles. The minimum atomic E-state index is -0.324. The molecule has 1 atom stereocenters. The predicted octanol–water partition coefficient (Wildman–Crippen LogP) is 2.27. The van der Waals surface area contributed by atoms with Crippen molar-refractivity contribution < 1.29 is 4.92 Å². The Balaban J connectivity index is 2.33. The third-order valence-electron chi connectivity index (χ3n) is 3.76. The van der Waals surface area contributed by atoms with Gasteiger partial charge in [0.15, 0.2) is 0 Å². The van der Waals surface area contributed by atoms with E-state index in [9.17, 15) is 10.1 Å². The number of nitro groups is 1. The van der Waals surface area contributed by atoms with E-state index in [-0.39, 0.29) is 16.7 Å². The Hall–Kier alpha value is -1.69. The van der Waals surface area contributed by atoms with Crippen LogP contribution in [0.1, 0.15) is 32.3 Å². The summed E-state index contributed by atoms with van der Waals surface area (Å²) in [6.07, 6.45) is 3.93. The molecule has 6 nitrogen and oxygen atoms in total. The topological polar surface area (TPSA) is 71.3 Å². The fraction of sp³-hybridized carbons (Fsp3) is 0.643. The Kier molecular flexibility index (Phi) is 4.54. The molecule has 1 saturated heterocycles. The molecule has 1 unspecified atom stereocenters. The van der Waals surface area contributed by atoms with E-state index in [1.165, 1.54) is 6.42 Å². The molecule has 0 radical (unpaired) electrons. The summed E-state index contributed by atoms with van der Waals surface area (Å²) in [5, 5.41) is 14.8. The quantitative estimate of drug-likeness (QED) is 0.661. The van der Waals surface area contributed by atoms with Gasteiger partial charge in [0, 0.05) is 30.4 Å². The second-order valence-corrected chi connectivity index (χ2v) is 5.60. The molecule has 1 aliphatic rings. The van der Waals surface area contributed by atoms with Gasteiger partial charge in [0.25, 0.3) is 0 Å². The fourth-order valence-corrected chi connectivity index (χ4v) is 2.66. The molecule has 0 saturated carbocycles. The van der Waals surface area contributed by atoms with Crippen molar-refractivity contribution in [3.8, 4) is 0 Å². The SMILES string of the molecule is Cc1ccnc(N(CC2CCCN2)C(C)C)c1[N+](=O)[O-]. The van der Waals surface area contributed by atoms with Crippen LogP contribution in [0, 0.1) is 17.0 Å². The second kappa shape index (κ2) is 6.17. The van der Waals surface area contributed by atoms with Crippen molar-refractivity contribution >= 4 is 11.5 Å². The number of anilines is 1. The molecule has 1 aromatic heterocycles. The number of nitrogens with zero attached hydrogens (tertiary/aromatic N) is 3. The van der Waals surface area contributed by atoms with Gasteiger partial charge >= 0.3 is 5.69 Å². The summed E-state index contributed by atoms with van der Waals surface area (Å²) in [7, 11) is 0. The highest BCUT2D eigenvalue weighted by Gasteiger charge is 2.28. The van der Waals surface area contributed by atoms with E-state index in [0.717, 1.165) is 19.5 Å². The molecule has 1 aliphatic heterocycles. The Morgan fingerprint density at radius 1 is 1.60 bits per heavy atom. The zero-order chi connectivity index (χ0) is 14.7. The van der Waals surface area contributed by atoms with Gasteiger partial charge in [0.2, 0.25) is 5.82 Å². The van der Waals surface area contributed by atoms with E-state index < -0.39 is 0 Å². The van der Waals surface area contributed by atoms with E-state index in [4.69, 9.17) is 0 Å². The Morgan fingerprint density at radius 3 is 2.90 bits per heavy atom. The van der Waals surface area contributed by atoms with E-state index in [1.807, 2.05) is 18.7 Å². The summed E-state index contributed by atoms with van der Waals surface area (Å²) in [5.74, 6) is 0.485. The predicted molar refractivity (Wildman–Crippen MR) is 79.1 cm³/mol. The maximum absolute atomic E-state index is 11.3. The van der Waals surface area contributed by atoms with E-state index in [2.05, 4.69) is 10.3 Å². The normalized spacial score (nSPS) is 18.5. The molecule has 0 aliphatic carbocycles. The summed E-state index contributed by atoms with van der Waals surface area (Å²) in [6, 6.07) is 2.25. The van der Waals surface area contributed by atoms with Crippen molar-refractivity contribution in [1.82, 2.24) is 10.3 Å². The number of pyridine rings is 1. The Bertz CT molecular complexity index is 484. The molecule has 0 spiro atoms. The minimum Gasteiger partial charge on any atom is -0.347 e. The summed E-state index contributed by atoms with van der Waals surface area (Å²) in [4.78, 5) is 17.3. The highest BCUT2D eigenvalue weighted by atomic mass is 16.6. The third kappa shape index (κ3) is 3.07. The van der Waals surface area contributed by atoms with Crippen LogP contribution in [0.2, 0.25) is 0 Å². The molecule has 0 amide bonds. The van der Waals surface area contributed by atoms with Gasteiger partial charge in [-0.2, -0.15) is 0 Å². The number of hydrogen-bond acceptors (Lipinski definition) is 5. The average molecular weight is 278 g/mol. The Morgan fingerprint density at radius 2 is 2.35 bits per heavy atom. The lowest BCUT2D eigenvalue weighted by molar-refractivity contribution is -0.384. The number of aromatic nitrogens is 1. The summed E-state index contributed by atoms with van der Waals surface area (Å²) < 4.78 is 0. The third-order valence-corrected chi connectivity index (χ3v) is 3.76. The van der Waals surface area contributed by atoms with Gasteiger partial charge in [0.1, 0.15) is 0 Å². The van der Waals surface area contributed by atoms with Crippen LogP contribution in [-0.4, -0.2) is 35.1 Å². The summed E-state index contributed by atoms with van der Waals surface area (Å²) in [6.45, 7) is 7.63. The number of hydrogen-bond donors (Lipinski definition) is 1. The van der Waals surface area contributed by atoms with Crippen molar-refractivity contribution in [3.05, 3.63) is 27.9 Å². The van der Waals surface area contributed by atoms with Crippen LogP contribution in [0.3, 0.4) is 0 Å². The first kappa shape index (κ1) is 14.7. The minimum absolute atomic E-state index is 0.124. The average Bonchev–Trinajstić information content (AvgIpc) is 2.87. The van der Waals surface area contributed by atoms with Gasteiger partial charge in [-0.05, 0) is 46.2 Å². The molecule has 2 rings (SSSR count). The van der Waals surface area contributed by atoms with Gasteiger partial charge in [-0.25, -0.2) is 4.98 Å². The van der Waals surface area contributed by atoms with Gasteiger partial charge in [-0.3, -0.25) is 10.1 Å². The standard InChI is InChI=1S/C14H22N4O2/c1-10(2)17(9-12-5-4-7-15-12)14-13(18(19)20)11(3)6-8-16-14/h6,8,10,12,15H,4-5,7,9H2,1-3H3. The van der Waals surface area contributed by atoms with Crippen molar-refractivity contribution in [2.24, 2.45) is 0 Å². The van der Waals surface area contributed by atoms with Gasteiger partial charge in [0.05, 0.1) is 4.92 Å². The zero-order valence-corrected chi connectivity index (χ0v) is 12.3. The second-order valence-electron chi connectivity index (χ2n) is 5.60. The van der Waals surface area contributed by atoms with Crippen LogP contribution in [0.25, 0.3) is 0 Å². The molecule has 110 valence electrons. The molecular formula is C14H22N4O2. The van der Waals surface area contributed by atoms with Crippen LogP contribution >= 0.6 is 0 Å². The first-order valence-electron chi connectivity index (χ1n) is 7.10. The fourth-order valence-electron chi connectivity index (χ4n) is 2.66. The van der Waals surface area contributed by atoms with Crippen LogP contribution in [0.4, 0.5) is 11.5 Å². The summed E-state index contributed by atoms with van der Waals surface area (Å²) in [5.41, 5.74) is 0.782. The number of aryl methyl sites for hydroxylation is 1. The van der Waals surface area contributed by atoms with Crippen LogP contribution in [-0.2, 0) is 0 Å². The van der Waals surface area contributed by atoms with E-state index in [0.29, 0.717) is 17.4 Å². The monoisotopic (exact) mass is 278 g/mol. The first-order chi connectivity index (χ1) is 9.50. The van der Waals surface area contributed by atoms with E-state index in [1.54, 1.807) is 19.2 Å². The first-order valence-corrected chi connectivity index (χ1v) is 7.10. The van der Waals surface area contributed by atoms with Crippen LogP contribution in [0.5, 0.6) is 0 Å². The lowest BCUT2D eigenvalue weighted by Gasteiger charge is -2.30. The van der Waals surface area contributed by atoms with Crippen LogP contribution in [0.15, 0.2) is 12.3 Å². The maximum Gasteiger partial charge on any atom is 0.314 e. The van der Waals surface area contributed by atoms with Crippen molar-refractivity contribution in [3.63, 3.8) is 0 Å².